The summed E-state index contributed by atoms with van der Waals surface area (Å²) in [6, 6.07) is 4.76. The van der Waals surface area contributed by atoms with Crippen LogP contribution in [0.3, 0.4) is 0 Å². The van der Waals surface area contributed by atoms with Crippen molar-refractivity contribution in [3.05, 3.63) is 34.2 Å². The summed E-state index contributed by atoms with van der Waals surface area (Å²) in [5.41, 5.74) is 0.416. The van der Waals surface area contributed by atoms with Crippen LogP contribution in [-0.2, 0) is 16.1 Å². The van der Waals surface area contributed by atoms with E-state index in [-0.39, 0.29) is 29.2 Å². The third-order valence-corrected chi connectivity index (χ3v) is 5.94. The minimum absolute atomic E-state index is 0.00769. The van der Waals surface area contributed by atoms with Gasteiger partial charge in [0.05, 0.1) is 0 Å². The number of hydrogen-bond donors (Lipinski definition) is 1. The molecule has 2 aliphatic rings. The number of fused-ring (bicyclic) bond motifs is 4. The lowest BCUT2D eigenvalue weighted by molar-refractivity contribution is -0.137. The highest BCUT2D eigenvalue weighted by Crippen LogP contribution is 2.35. The quantitative estimate of drug-likeness (QED) is 0.838. The number of piperidine rings is 1. The number of ether oxygens (including phenoxy) is 1. The normalized spacial score (nSPS) is 23.0. The van der Waals surface area contributed by atoms with Crippen molar-refractivity contribution in [1.29, 1.82) is 0 Å². The Kier molecular flexibility index (Phi) is 6.05. The summed E-state index contributed by atoms with van der Waals surface area (Å²) in [6.07, 6.45) is 1.19. The van der Waals surface area contributed by atoms with Crippen molar-refractivity contribution in [3.8, 4) is 0 Å². The molecule has 1 saturated heterocycles. The molecule has 1 aromatic heterocycles. The van der Waals surface area contributed by atoms with Gasteiger partial charge in [0.2, 0.25) is 5.91 Å². The molecule has 7 nitrogen and oxygen atoms in total. The van der Waals surface area contributed by atoms with Crippen molar-refractivity contribution in [2.24, 2.45) is 11.8 Å². The minimum Gasteiger partial charge on any atom is -0.444 e. The maximum Gasteiger partial charge on any atom is 0.408 e. The summed E-state index contributed by atoms with van der Waals surface area (Å²) in [5.74, 6) is 0.335. The Hall–Kier alpha value is -2.31. The van der Waals surface area contributed by atoms with Crippen LogP contribution in [0.15, 0.2) is 23.0 Å². The molecule has 7 heteroatoms. The van der Waals surface area contributed by atoms with Gasteiger partial charge in [-0.25, -0.2) is 4.79 Å². The molecule has 2 bridgehead atoms. The van der Waals surface area contributed by atoms with Crippen LogP contribution >= 0.6 is 0 Å². The number of aromatic nitrogens is 1. The van der Waals surface area contributed by atoms with E-state index in [2.05, 4.69) is 5.32 Å². The molecular weight excluding hydrogens is 370 g/mol. The van der Waals surface area contributed by atoms with Crippen LogP contribution in [0.2, 0.25) is 0 Å². The lowest BCUT2D eigenvalue weighted by Gasteiger charge is -2.44. The molecule has 0 spiro atoms. The van der Waals surface area contributed by atoms with Crippen molar-refractivity contribution in [2.45, 2.75) is 71.6 Å². The van der Waals surface area contributed by atoms with E-state index >= 15 is 0 Å². The number of amides is 2. The molecule has 0 aliphatic carbocycles. The fourth-order valence-electron chi connectivity index (χ4n) is 4.39. The summed E-state index contributed by atoms with van der Waals surface area (Å²) >= 11 is 0. The van der Waals surface area contributed by atoms with Gasteiger partial charge in [0, 0.05) is 37.3 Å². The fraction of sp³-hybridized carbons (Fsp3) is 0.682. The van der Waals surface area contributed by atoms with Gasteiger partial charge < -0.3 is 19.5 Å². The molecule has 4 unspecified atom stereocenters. The molecule has 0 radical (unpaired) electrons. The van der Waals surface area contributed by atoms with Gasteiger partial charge in [0.1, 0.15) is 11.6 Å². The first-order valence-electron chi connectivity index (χ1n) is 10.6. The molecule has 29 heavy (non-hydrogen) atoms. The molecule has 2 aliphatic heterocycles. The van der Waals surface area contributed by atoms with Gasteiger partial charge in [0.25, 0.3) is 5.56 Å². The number of rotatable bonds is 4. The number of hydrogen-bond acceptors (Lipinski definition) is 4. The van der Waals surface area contributed by atoms with Gasteiger partial charge in [0.15, 0.2) is 0 Å². The average molecular weight is 404 g/mol. The number of alkyl carbamates (subject to hydrolysis) is 1. The maximum atomic E-state index is 13.4. The third-order valence-electron chi connectivity index (χ3n) is 5.94. The molecule has 2 amide bonds. The Morgan fingerprint density at radius 2 is 1.97 bits per heavy atom. The standard InChI is InChI=1S/C22H33N3O4/c1-6-14(2)19(23-21(28)29-22(3,4)5)20(27)24-11-15-10-16(13-24)17-8-7-9-18(26)25(17)12-15/h7-9,14-16,19H,6,10-13H2,1-5H3,(H,23,28). The number of nitrogens with zero attached hydrogens (tertiary/aromatic N) is 2. The van der Waals surface area contributed by atoms with Gasteiger partial charge in [-0.3, -0.25) is 9.59 Å². The van der Waals surface area contributed by atoms with E-state index in [1.165, 1.54) is 0 Å². The maximum absolute atomic E-state index is 13.4. The molecule has 4 atom stereocenters. The lowest BCUT2D eigenvalue weighted by atomic mass is 9.82. The smallest absolute Gasteiger partial charge is 0.408 e. The average Bonchev–Trinajstić information content (AvgIpc) is 2.64. The fourth-order valence-corrected chi connectivity index (χ4v) is 4.39. The second-order valence-electron chi connectivity index (χ2n) is 9.45. The zero-order valence-corrected chi connectivity index (χ0v) is 18.1. The predicted octanol–water partition coefficient (Wildman–Crippen LogP) is 2.73. The molecular formula is C22H33N3O4. The van der Waals surface area contributed by atoms with Crippen molar-refractivity contribution >= 4 is 12.0 Å². The van der Waals surface area contributed by atoms with Crippen LogP contribution in [0.1, 0.15) is 59.1 Å². The molecule has 3 heterocycles. The molecule has 0 aromatic carbocycles. The molecule has 3 rings (SSSR count). The second-order valence-corrected chi connectivity index (χ2v) is 9.45. The van der Waals surface area contributed by atoms with Crippen LogP contribution in [0.25, 0.3) is 0 Å². The third kappa shape index (κ3) is 4.82. The van der Waals surface area contributed by atoms with Gasteiger partial charge >= 0.3 is 6.09 Å². The van der Waals surface area contributed by atoms with E-state index in [0.29, 0.717) is 19.6 Å². The van der Waals surface area contributed by atoms with Crippen LogP contribution in [0.4, 0.5) is 4.79 Å². The molecule has 160 valence electrons. The SMILES string of the molecule is CCC(C)C(NC(=O)OC(C)(C)C)C(=O)N1CC2CC(C1)c1cccc(=O)n1C2. The van der Waals surface area contributed by atoms with Gasteiger partial charge in [-0.15, -0.1) is 0 Å². The van der Waals surface area contributed by atoms with E-state index < -0.39 is 17.7 Å². The minimum atomic E-state index is -0.619. The summed E-state index contributed by atoms with van der Waals surface area (Å²) in [7, 11) is 0. The Morgan fingerprint density at radius 3 is 2.62 bits per heavy atom. The summed E-state index contributed by atoms with van der Waals surface area (Å²) < 4.78 is 7.23. The zero-order chi connectivity index (χ0) is 21.3. The summed E-state index contributed by atoms with van der Waals surface area (Å²) in [6.45, 7) is 11.2. The molecule has 1 fully saturated rings. The highest BCUT2D eigenvalue weighted by atomic mass is 16.6. The Balaban J connectivity index is 1.77. The number of carbonyl (C=O) groups excluding carboxylic acids is 2. The van der Waals surface area contributed by atoms with Crippen LogP contribution < -0.4 is 10.9 Å². The van der Waals surface area contributed by atoms with Gasteiger partial charge in [-0.05, 0) is 45.1 Å². The number of likely N-dealkylation sites (tertiary alicyclic amines) is 1. The second kappa shape index (κ2) is 8.20. The Morgan fingerprint density at radius 1 is 1.24 bits per heavy atom. The van der Waals surface area contributed by atoms with E-state index in [0.717, 1.165) is 18.5 Å². The monoisotopic (exact) mass is 403 g/mol. The van der Waals surface area contributed by atoms with Crippen molar-refractivity contribution in [3.63, 3.8) is 0 Å². The first-order valence-corrected chi connectivity index (χ1v) is 10.6. The van der Waals surface area contributed by atoms with Crippen LogP contribution in [0.5, 0.6) is 0 Å². The zero-order valence-electron chi connectivity index (χ0n) is 18.1. The van der Waals surface area contributed by atoms with E-state index in [1.54, 1.807) is 32.9 Å². The predicted molar refractivity (Wildman–Crippen MR) is 111 cm³/mol. The van der Waals surface area contributed by atoms with Crippen molar-refractivity contribution in [2.75, 3.05) is 13.1 Å². The van der Waals surface area contributed by atoms with Crippen molar-refractivity contribution in [1.82, 2.24) is 14.8 Å². The Labute approximate surface area is 172 Å². The number of carbonyl (C=O) groups is 2. The van der Waals surface area contributed by atoms with Crippen LogP contribution in [-0.4, -0.2) is 46.2 Å². The highest BCUT2D eigenvalue weighted by molar-refractivity contribution is 5.86. The summed E-state index contributed by atoms with van der Waals surface area (Å²) in [4.78, 5) is 39.8. The molecule has 1 aromatic rings. The van der Waals surface area contributed by atoms with Gasteiger partial charge in [-0.1, -0.05) is 26.3 Å². The molecule has 0 saturated carbocycles. The summed E-state index contributed by atoms with van der Waals surface area (Å²) in [5, 5.41) is 2.81. The van der Waals surface area contributed by atoms with Crippen LogP contribution in [0, 0.1) is 11.8 Å². The number of pyridine rings is 1. The highest BCUT2D eigenvalue weighted by Gasteiger charge is 2.39. The topological polar surface area (TPSA) is 80.6 Å². The first-order chi connectivity index (χ1) is 13.6. The first kappa shape index (κ1) is 21.4. The lowest BCUT2D eigenvalue weighted by Crippen LogP contribution is -2.57. The van der Waals surface area contributed by atoms with Gasteiger partial charge in [-0.2, -0.15) is 0 Å². The van der Waals surface area contributed by atoms with E-state index in [4.69, 9.17) is 4.74 Å². The largest absolute Gasteiger partial charge is 0.444 e. The van der Waals surface area contributed by atoms with E-state index in [9.17, 15) is 14.4 Å². The number of nitrogens with one attached hydrogen (secondary N) is 1. The van der Waals surface area contributed by atoms with Crippen molar-refractivity contribution < 1.29 is 14.3 Å². The van der Waals surface area contributed by atoms with E-state index in [1.807, 2.05) is 29.4 Å². The molecule has 1 N–H and O–H groups in total. The Bertz CT molecular complexity index is 826.